The second-order valence-corrected chi connectivity index (χ2v) is 8.84. The molecule has 0 aliphatic carbocycles. The van der Waals surface area contributed by atoms with Crippen molar-refractivity contribution < 1.29 is 9.13 Å². The number of imidazole rings is 1. The lowest BCUT2D eigenvalue weighted by Crippen LogP contribution is -2.36. The number of ether oxygens (including phenoxy) is 1. The van der Waals surface area contributed by atoms with E-state index in [9.17, 15) is 4.39 Å². The zero-order valence-electron chi connectivity index (χ0n) is 19.2. The van der Waals surface area contributed by atoms with Crippen LogP contribution in [0, 0.1) is 5.82 Å². The van der Waals surface area contributed by atoms with Crippen LogP contribution in [0.1, 0.15) is 0 Å². The zero-order valence-corrected chi connectivity index (χ0v) is 20.0. The number of morpholine rings is 1. The Kier molecular flexibility index (Phi) is 6.51. The molecule has 5 rings (SSSR count). The highest BCUT2D eigenvalue weighted by Gasteiger charge is 2.18. The molecule has 1 aliphatic rings. The lowest BCUT2D eigenvalue weighted by atomic mass is 10.1. The SMILES string of the molecule is CSc1nc(-c2ccc(F)cc2)c(-c2ccnc(Nc3ccc(N4CCOCC4)cc3)c2)n1C. The van der Waals surface area contributed by atoms with Crippen molar-refractivity contribution in [2.24, 2.45) is 7.05 Å². The maximum atomic E-state index is 13.5. The first-order chi connectivity index (χ1) is 16.6. The molecule has 0 radical (unpaired) electrons. The van der Waals surface area contributed by atoms with Crippen molar-refractivity contribution in [2.45, 2.75) is 5.16 Å². The molecule has 1 N–H and O–H groups in total. The van der Waals surface area contributed by atoms with Gasteiger partial charge >= 0.3 is 0 Å². The third-order valence-electron chi connectivity index (χ3n) is 5.90. The first-order valence-corrected chi connectivity index (χ1v) is 12.4. The Balaban J connectivity index is 1.43. The molecule has 6 nitrogen and oxygen atoms in total. The highest BCUT2D eigenvalue weighted by atomic mass is 32.2. The van der Waals surface area contributed by atoms with Gasteiger partial charge in [-0.25, -0.2) is 14.4 Å². The van der Waals surface area contributed by atoms with E-state index < -0.39 is 0 Å². The number of aromatic nitrogens is 3. The molecule has 2 aromatic carbocycles. The van der Waals surface area contributed by atoms with Crippen LogP contribution in [0.15, 0.2) is 72.0 Å². The molecular weight excluding hydrogens is 449 g/mol. The summed E-state index contributed by atoms with van der Waals surface area (Å²) >= 11 is 1.58. The summed E-state index contributed by atoms with van der Waals surface area (Å²) in [7, 11) is 2.00. The Bertz CT molecular complexity index is 1270. The number of nitrogens with one attached hydrogen (secondary N) is 1. The first-order valence-electron chi connectivity index (χ1n) is 11.2. The zero-order chi connectivity index (χ0) is 23.5. The molecule has 0 unspecified atom stereocenters. The third kappa shape index (κ3) is 4.64. The van der Waals surface area contributed by atoms with E-state index in [1.807, 2.05) is 25.4 Å². The normalized spacial score (nSPS) is 13.8. The van der Waals surface area contributed by atoms with Crippen molar-refractivity contribution >= 4 is 29.0 Å². The number of nitrogens with zero attached hydrogens (tertiary/aromatic N) is 4. The summed E-state index contributed by atoms with van der Waals surface area (Å²) in [5.74, 6) is 0.481. The molecule has 1 fully saturated rings. The van der Waals surface area contributed by atoms with Crippen LogP contribution in [-0.4, -0.2) is 47.1 Å². The Hall–Kier alpha value is -3.36. The summed E-state index contributed by atoms with van der Waals surface area (Å²) in [4.78, 5) is 11.7. The number of hydrogen-bond acceptors (Lipinski definition) is 6. The lowest BCUT2D eigenvalue weighted by Gasteiger charge is -2.28. The summed E-state index contributed by atoms with van der Waals surface area (Å²) in [6.45, 7) is 3.36. The molecule has 3 heterocycles. The van der Waals surface area contributed by atoms with Crippen LogP contribution in [0.5, 0.6) is 0 Å². The van der Waals surface area contributed by atoms with E-state index in [0.29, 0.717) is 0 Å². The van der Waals surface area contributed by atoms with Crippen molar-refractivity contribution in [2.75, 3.05) is 42.8 Å². The van der Waals surface area contributed by atoms with Gasteiger partial charge in [-0.2, -0.15) is 0 Å². The van der Waals surface area contributed by atoms with Gasteiger partial charge in [0.15, 0.2) is 5.16 Å². The van der Waals surface area contributed by atoms with Crippen molar-refractivity contribution in [1.29, 1.82) is 0 Å². The summed E-state index contributed by atoms with van der Waals surface area (Å²) in [5, 5.41) is 4.30. The van der Waals surface area contributed by atoms with Crippen LogP contribution in [0.2, 0.25) is 0 Å². The highest BCUT2D eigenvalue weighted by molar-refractivity contribution is 7.98. The Labute approximate surface area is 202 Å². The molecule has 174 valence electrons. The van der Waals surface area contributed by atoms with Gasteiger partial charge in [0, 0.05) is 48.8 Å². The van der Waals surface area contributed by atoms with Crippen LogP contribution in [0.4, 0.5) is 21.6 Å². The van der Waals surface area contributed by atoms with Crippen LogP contribution >= 0.6 is 11.8 Å². The summed E-state index contributed by atoms with van der Waals surface area (Å²) < 4.78 is 21.0. The van der Waals surface area contributed by atoms with E-state index in [0.717, 1.165) is 65.5 Å². The van der Waals surface area contributed by atoms with E-state index in [1.54, 1.807) is 30.1 Å². The average Bonchev–Trinajstić information content (AvgIpc) is 3.22. The Morgan fingerprint density at radius 2 is 1.71 bits per heavy atom. The van der Waals surface area contributed by atoms with E-state index in [-0.39, 0.29) is 5.82 Å². The number of pyridine rings is 1. The molecule has 0 spiro atoms. The minimum absolute atomic E-state index is 0.263. The van der Waals surface area contributed by atoms with E-state index in [2.05, 4.69) is 44.0 Å². The van der Waals surface area contributed by atoms with Crippen molar-refractivity contribution in [1.82, 2.24) is 14.5 Å². The Morgan fingerprint density at radius 1 is 0.971 bits per heavy atom. The van der Waals surface area contributed by atoms with E-state index in [1.165, 1.54) is 17.8 Å². The quantitative estimate of drug-likeness (QED) is 0.367. The average molecular weight is 476 g/mol. The second-order valence-electron chi connectivity index (χ2n) is 8.06. The van der Waals surface area contributed by atoms with E-state index >= 15 is 0 Å². The standard InChI is InChI=1S/C26H26FN5OS/c1-31-25(24(30-26(31)34-2)18-3-5-20(27)6-4-18)19-11-12-28-23(17-19)29-21-7-9-22(10-8-21)32-13-15-33-16-14-32/h3-12,17H,13-16H2,1-2H3,(H,28,29). The van der Waals surface area contributed by atoms with Gasteiger partial charge in [0.2, 0.25) is 0 Å². The van der Waals surface area contributed by atoms with Crippen LogP contribution in [0.3, 0.4) is 0 Å². The highest BCUT2D eigenvalue weighted by Crippen LogP contribution is 2.35. The van der Waals surface area contributed by atoms with Crippen LogP contribution in [-0.2, 0) is 11.8 Å². The lowest BCUT2D eigenvalue weighted by molar-refractivity contribution is 0.122. The molecule has 2 aromatic heterocycles. The Morgan fingerprint density at radius 3 is 2.41 bits per heavy atom. The molecule has 1 saturated heterocycles. The molecule has 0 amide bonds. The minimum atomic E-state index is -0.263. The number of hydrogen-bond donors (Lipinski definition) is 1. The molecule has 0 saturated carbocycles. The molecule has 8 heteroatoms. The fourth-order valence-corrected chi connectivity index (χ4v) is 4.72. The summed E-state index contributed by atoms with van der Waals surface area (Å²) in [6.07, 6.45) is 3.79. The third-order valence-corrected chi connectivity index (χ3v) is 6.63. The fraction of sp³-hybridized carbons (Fsp3) is 0.231. The molecule has 34 heavy (non-hydrogen) atoms. The molecule has 1 aliphatic heterocycles. The van der Waals surface area contributed by atoms with Crippen molar-refractivity contribution in [3.8, 4) is 22.5 Å². The first kappa shape index (κ1) is 22.4. The van der Waals surface area contributed by atoms with Gasteiger partial charge in [-0.1, -0.05) is 11.8 Å². The van der Waals surface area contributed by atoms with Crippen molar-refractivity contribution in [3.05, 3.63) is 72.7 Å². The number of thioether (sulfide) groups is 1. The van der Waals surface area contributed by atoms with Gasteiger partial charge in [0.1, 0.15) is 11.6 Å². The van der Waals surface area contributed by atoms with Gasteiger partial charge in [-0.3, -0.25) is 0 Å². The molecular formula is C26H26FN5OS. The summed E-state index contributed by atoms with van der Waals surface area (Å²) in [6, 6.07) is 18.8. The van der Waals surface area contributed by atoms with Crippen LogP contribution in [0.25, 0.3) is 22.5 Å². The molecule has 0 atom stereocenters. The molecule has 4 aromatic rings. The van der Waals surface area contributed by atoms with Crippen molar-refractivity contribution in [3.63, 3.8) is 0 Å². The largest absolute Gasteiger partial charge is 0.378 e. The maximum Gasteiger partial charge on any atom is 0.168 e. The summed E-state index contributed by atoms with van der Waals surface area (Å²) in [5.41, 5.74) is 5.80. The second kappa shape index (κ2) is 9.87. The predicted octanol–water partition coefficient (Wildman–Crippen LogP) is 5.59. The monoisotopic (exact) mass is 475 g/mol. The number of anilines is 3. The topological polar surface area (TPSA) is 55.2 Å². The number of benzene rings is 2. The van der Waals surface area contributed by atoms with Crippen LogP contribution < -0.4 is 10.2 Å². The van der Waals surface area contributed by atoms with Gasteiger partial charge in [-0.15, -0.1) is 0 Å². The van der Waals surface area contributed by atoms with Gasteiger partial charge < -0.3 is 19.5 Å². The number of rotatable bonds is 6. The fourth-order valence-electron chi connectivity index (χ4n) is 4.17. The van der Waals surface area contributed by atoms with E-state index in [4.69, 9.17) is 9.72 Å². The minimum Gasteiger partial charge on any atom is -0.378 e. The number of halogens is 1. The predicted molar refractivity (Wildman–Crippen MR) is 136 cm³/mol. The smallest absolute Gasteiger partial charge is 0.168 e. The van der Waals surface area contributed by atoms with Gasteiger partial charge in [0.05, 0.1) is 24.6 Å². The maximum absolute atomic E-state index is 13.5. The molecule has 0 bridgehead atoms. The van der Waals surface area contributed by atoms with Gasteiger partial charge in [-0.05, 0) is 66.9 Å². The van der Waals surface area contributed by atoms with Gasteiger partial charge in [0.25, 0.3) is 0 Å².